The van der Waals surface area contributed by atoms with Gasteiger partial charge in [-0.3, -0.25) is 14.4 Å². The maximum absolute atomic E-state index is 12.9. The van der Waals surface area contributed by atoms with Crippen molar-refractivity contribution in [3.8, 4) is 0 Å². The summed E-state index contributed by atoms with van der Waals surface area (Å²) < 4.78 is 16.8. The summed E-state index contributed by atoms with van der Waals surface area (Å²) in [6.07, 6.45) is 93.6. The van der Waals surface area contributed by atoms with Crippen molar-refractivity contribution >= 4 is 17.9 Å². The van der Waals surface area contributed by atoms with E-state index in [1.54, 1.807) is 0 Å². The summed E-state index contributed by atoms with van der Waals surface area (Å²) in [5.74, 6) is -1.02. The van der Waals surface area contributed by atoms with E-state index in [9.17, 15) is 14.4 Å². The minimum absolute atomic E-state index is 0.121. The second kappa shape index (κ2) is 63.3. The number of carbonyl (C=O) groups excluding carboxylic acids is 3. The first-order chi connectivity index (χ1) is 38.0. The first-order valence-electron chi connectivity index (χ1n) is 30.6. The van der Waals surface area contributed by atoms with Gasteiger partial charge in [0.05, 0.1) is 0 Å². The van der Waals surface area contributed by atoms with Crippen LogP contribution in [0.1, 0.15) is 239 Å². The zero-order chi connectivity index (χ0) is 55.7. The summed E-state index contributed by atoms with van der Waals surface area (Å²) in [6.45, 7) is 6.30. The third-order valence-corrected chi connectivity index (χ3v) is 12.2. The van der Waals surface area contributed by atoms with Gasteiger partial charge >= 0.3 is 17.9 Å². The standard InChI is InChI=1S/C71H110O6/c1-4-7-10-13-16-19-22-25-27-29-30-31-32-33-34-35-36-37-38-39-40-42-43-46-49-52-55-58-61-64-70(73)76-67-68(66-75-69(72)63-60-57-54-51-48-45-24-21-18-15-12-9-6-3)77-71(74)65-62-59-56-53-50-47-44-41-28-26-23-20-17-14-11-8-5-2/h7-8,10-11,16-17,19-21,24-28,30-31,33-34,36-37,39-40,43-44,46-47,53,56,68H,4-6,9,12-15,18,22-23,29,32,35,38,41-42,45,48-52,54-55,57-67H2,1-3H3/b10-7-,11-8-,19-16-,20-17-,24-21-,27-25-,28-26-,31-30-,34-33-,37-36-,40-39-,46-43-,47-44-,56-53-. The lowest BCUT2D eigenvalue weighted by atomic mass is 10.1. The maximum Gasteiger partial charge on any atom is 0.306 e. The Labute approximate surface area is 472 Å². The molecule has 1 atom stereocenters. The topological polar surface area (TPSA) is 78.9 Å². The molecule has 0 aromatic heterocycles. The number of ether oxygens (including phenoxy) is 3. The molecule has 0 aliphatic heterocycles. The molecular formula is C71H110O6. The summed E-state index contributed by atoms with van der Waals surface area (Å²) in [5.41, 5.74) is 0. The van der Waals surface area contributed by atoms with Crippen molar-refractivity contribution in [2.45, 2.75) is 245 Å². The average Bonchev–Trinajstić information content (AvgIpc) is 3.43. The van der Waals surface area contributed by atoms with E-state index in [1.807, 2.05) is 0 Å². The van der Waals surface area contributed by atoms with Crippen molar-refractivity contribution in [3.05, 3.63) is 170 Å². The second-order valence-corrected chi connectivity index (χ2v) is 19.5. The van der Waals surface area contributed by atoms with Gasteiger partial charge in [0.2, 0.25) is 0 Å². The molecule has 0 saturated heterocycles. The van der Waals surface area contributed by atoms with E-state index in [1.165, 1.54) is 38.5 Å². The summed E-state index contributed by atoms with van der Waals surface area (Å²) in [5, 5.41) is 0. The SMILES string of the molecule is CC/C=C\C/C=C\C/C=C\C/C=C\C/C=C\C/C=C\C/C=C\C/C=C\CCCCCCC(=O)OCC(COC(=O)CCCCCCC/C=C\CCCCCC)OC(=O)CCC/C=C\C/C=C\C/C=C\C/C=C\C/C=C\CC. The van der Waals surface area contributed by atoms with E-state index in [0.717, 1.165) is 154 Å². The Kier molecular flexibility index (Phi) is 59.0. The highest BCUT2D eigenvalue weighted by Crippen LogP contribution is 2.12. The van der Waals surface area contributed by atoms with Crippen molar-refractivity contribution in [2.24, 2.45) is 0 Å². The predicted molar refractivity (Wildman–Crippen MR) is 334 cm³/mol. The number of esters is 3. The van der Waals surface area contributed by atoms with Crippen LogP contribution in [-0.4, -0.2) is 37.2 Å². The molecule has 0 spiro atoms. The molecule has 0 aromatic carbocycles. The molecule has 6 heteroatoms. The molecule has 0 radical (unpaired) electrons. The van der Waals surface area contributed by atoms with E-state index in [0.29, 0.717) is 19.3 Å². The molecule has 0 heterocycles. The van der Waals surface area contributed by atoms with Crippen LogP contribution in [0.3, 0.4) is 0 Å². The van der Waals surface area contributed by atoms with Crippen molar-refractivity contribution in [2.75, 3.05) is 13.2 Å². The van der Waals surface area contributed by atoms with Gasteiger partial charge < -0.3 is 14.2 Å². The largest absolute Gasteiger partial charge is 0.462 e. The van der Waals surface area contributed by atoms with Crippen molar-refractivity contribution in [1.82, 2.24) is 0 Å². The molecular weight excluding hydrogens is 949 g/mol. The normalized spacial score (nSPS) is 13.3. The van der Waals surface area contributed by atoms with Gasteiger partial charge in [0.1, 0.15) is 13.2 Å². The first-order valence-corrected chi connectivity index (χ1v) is 30.6. The van der Waals surface area contributed by atoms with Crippen molar-refractivity contribution in [1.29, 1.82) is 0 Å². The molecule has 0 amide bonds. The molecule has 0 N–H and O–H groups in total. The van der Waals surface area contributed by atoms with Crippen molar-refractivity contribution < 1.29 is 28.6 Å². The lowest BCUT2D eigenvalue weighted by Gasteiger charge is -2.18. The minimum Gasteiger partial charge on any atom is -0.462 e. The molecule has 0 rings (SSSR count). The van der Waals surface area contributed by atoms with Crippen LogP contribution in [0.2, 0.25) is 0 Å². The minimum atomic E-state index is -0.831. The van der Waals surface area contributed by atoms with E-state index in [4.69, 9.17) is 14.2 Å². The molecule has 6 nitrogen and oxygen atoms in total. The maximum atomic E-state index is 12.9. The Bertz CT molecular complexity index is 1790. The zero-order valence-corrected chi connectivity index (χ0v) is 49.1. The highest BCUT2D eigenvalue weighted by molar-refractivity contribution is 5.71. The highest BCUT2D eigenvalue weighted by Gasteiger charge is 2.19. The predicted octanol–water partition coefficient (Wildman–Crippen LogP) is 21.1. The molecule has 0 aliphatic carbocycles. The smallest absolute Gasteiger partial charge is 0.306 e. The van der Waals surface area contributed by atoms with E-state index in [2.05, 4.69) is 191 Å². The molecule has 0 fully saturated rings. The molecule has 0 saturated carbocycles. The molecule has 430 valence electrons. The molecule has 0 aliphatic rings. The van der Waals surface area contributed by atoms with Gasteiger partial charge in [-0.1, -0.05) is 242 Å². The Morgan fingerprint density at radius 3 is 0.844 bits per heavy atom. The zero-order valence-electron chi connectivity index (χ0n) is 49.1. The third-order valence-electron chi connectivity index (χ3n) is 12.2. The van der Waals surface area contributed by atoms with Gasteiger partial charge in [-0.05, 0) is 148 Å². The first kappa shape index (κ1) is 71.8. The van der Waals surface area contributed by atoms with Crippen LogP contribution in [0.25, 0.3) is 0 Å². The number of unbranched alkanes of at least 4 members (excludes halogenated alkanes) is 14. The third kappa shape index (κ3) is 61.5. The second-order valence-electron chi connectivity index (χ2n) is 19.5. The summed E-state index contributed by atoms with van der Waals surface area (Å²) in [4.78, 5) is 38.2. The van der Waals surface area contributed by atoms with E-state index in [-0.39, 0.29) is 37.5 Å². The fraction of sp³-hybridized carbons (Fsp3) is 0.563. The van der Waals surface area contributed by atoms with Crippen LogP contribution in [0.5, 0.6) is 0 Å². The van der Waals surface area contributed by atoms with Crippen molar-refractivity contribution in [3.63, 3.8) is 0 Å². The quantitative estimate of drug-likeness (QED) is 0.0261. The van der Waals surface area contributed by atoms with Gasteiger partial charge in [-0.2, -0.15) is 0 Å². The Morgan fingerprint density at radius 2 is 0.519 bits per heavy atom. The van der Waals surface area contributed by atoms with Crippen LogP contribution < -0.4 is 0 Å². The lowest BCUT2D eigenvalue weighted by molar-refractivity contribution is -0.167. The summed E-state index contributed by atoms with van der Waals surface area (Å²) in [6, 6.07) is 0. The Hall–Kier alpha value is -5.23. The summed E-state index contributed by atoms with van der Waals surface area (Å²) in [7, 11) is 0. The fourth-order valence-corrected chi connectivity index (χ4v) is 7.66. The summed E-state index contributed by atoms with van der Waals surface area (Å²) >= 11 is 0. The van der Waals surface area contributed by atoms with Gasteiger partial charge in [-0.25, -0.2) is 0 Å². The number of carbonyl (C=O) groups is 3. The fourth-order valence-electron chi connectivity index (χ4n) is 7.66. The van der Waals surface area contributed by atoms with Gasteiger partial charge in [0, 0.05) is 19.3 Å². The van der Waals surface area contributed by atoms with Gasteiger partial charge in [0.15, 0.2) is 6.10 Å². The van der Waals surface area contributed by atoms with Crippen LogP contribution in [0.4, 0.5) is 0 Å². The number of allylic oxidation sites excluding steroid dienone is 28. The monoisotopic (exact) mass is 1060 g/mol. The van der Waals surface area contributed by atoms with Gasteiger partial charge in [-0.15, -0.1) is 0 Å². The molecule has 0 aromatic rings. The molecule has 77 heavy (non-hydrogen) atoms. The van der Waals surface area contributed by atoms with Crippen LogP contribution in [0.15, 0.2) is 170 Å². The molecule has 0 bridgehead atoms. The van der Waals surface area contributed by atoms with Crippen LogP contribution in [0, 0.1) is 0 Å². The van der Waals surface area contributed by atoms with Crippen LogP contribution in [-0.2, 0) is 28.6 Å². The van der Waals surface area contributed by atoms with Crippen LogP contribution >= 0.6 is 0 Å². The lowest BCUT2D eigenvalue weighted by Crippen LogP contribution is -2.30. The average molecular weight is 1060 g/mol. The number of rotatable bonds is 53. The molecule has 1 unspecified atom stereocenters. The number of hydrogen-bond acceptors (Lipinski definition) is 6. The highest BCUT2D eigenvalue weighted by atomic mass is 16.6. The van der Waals surface area contributed by atoms with E-state index >= 15 is 0 Å². The van der Waals surface area contributed by atoms with E-state index < -0.39 is 6.10 Å². The Balaban J connectivity index is 4.48. The Morgan fingerprint density at radius 1 is 0.273 bits per heavy atom. The number of hydrogen-bond donors (Lipinski definition) is 0. The van der Waals surface area contributed by atoms with Gasteiger partial charge in [0.25, 0.3) is 0 Å².